The molecule has 1 aliphatic rings. The van der Waals surface area contributed by atoms with Gasteiger partial charge in [0, 0.05) is 18.7 Å². The molecule has 1 aliphatic heterocycles. The van der Waals surface area contributed by atoms with Gasteiger partial charge in [-0.3, -0.25) is 9.11 Å². The first-order chi connectivity index (χ1) is 15.5. The largest absolute Gasteiger partial charge is 0.353 e. The zero-order chi connectivity index (χ0) is 24.1. The molecular formula is C19H28N6O6S2. The van der Waals surface area contributed by atoms with E-state index in [1.807, 2.05) is 0 Å². The summed E-state index contributed by atoms with van der Waals surface area (Å²) in [6.07, 6.45) is 2.67. The Balaban J connectivity index is 1.77. The first-order valence-electron chi connectivity index (χ1n) is 10.5. The Bertz CT molecular complexity index is 1150. The Morgan fingerprint density at radius 3 is 2.21 bits per heavy atom. The molecule has 33 heavy (non-hydrogen) atoms. The molecule has 1 saturated heterocycles. The van der Waals surface area contributed by atoms with E-state index in [1.54, 1.807) is 0 Å². The summed E-state index contributed by atoms with van der Waals surface area (Å²) >= 11 is 0. The smallest absolute Gasteiger partial charge is 0.294 e. The predicted octanol–water partition coefficient (Wildman–Crippen LogP) is 1.44. The number of anilines is 3. The Morgan fingerprint density at radius 2 is 1.64 bits per heavy atom. The topological polar surface area (TPSA) is 175 Å². The highest BCUT2D eigenvalue weighted by Crippen LogP contribution is 2.22. The fourth-order valence-electron chi connectivity index (χ4n) is 3.54. The summed E-state index contributed by atoms with van der Waals surface area (Å²) in [6.45, 7) is 5.09. The first kappa shape index (κ1) is 25.2. The number of benzene rings is 1. The van der Waals surface area contributed by atoms with Gasteiger partial charge in [0.1, 0.15) is 5.82 Å². The number of hydrogen-bond acceptors (Lipinski definition) is 10. The minimum atomic E-state index is -4.30. The quantitative estimate of drug-likeness (QED) is 0.346. The standard InChI is InChI=1S/C19H28N6O6S2/c1-2-25-10-7-14(8-11-25)13-17-22-18(20-9-12-32(26,27)28)24-19(23-17)21-15-3-5-16(6-4-15)33(29,30)31/h3-6,14H,2,7-13H2,1H3,(H,26,27,28)(H,29,30,31)(H2,20,21,22,23,24). The van der Waals surface area contributed by atoms with E-state index in [4.69, 9.17) is 9.11 Å². The van der Waals surface area contributed by atoms with Gasteiger partial charge in [-0.05, 0) is 62.7 Å². The van der Waals surface area contributed by atoms with Crippen molar-refractivity contribution in [2.24, 2.45) is 5.92 Å². The predicted molar refractivity (Wildman–Crippen MR) is 123 cm³/mol. The summed E-state index contributed by atoms with van der Waals surface area (Å²) in [5.41, 5.74) is 0.486. The molecule has 0 bridgehead atoms. The van der Waals surface area contributed by atoms with Crippen LogP contribution >= 0.6 is 0 Å². The lowest BCUT2D eigenvalue weighted by Crippen LogP contribution is -2.34. The average molecular weight is 501 g/mol. The van der Waals surface area contributed by atoms with Crippen LogP contribution in [0, 0.1) is 5.92 Å². The van der Waals surface area contributed by atoms with Gasteiger partial charge in [-0.2, -0.15) is 31.8 Å². The molecule has 3 rings (SSSR count). The van der Waals surface area contributed by atoms with Gasteiger partial charge in [0.15, 0.2) is 0 Å². The normalized spacial score (nSPS) is 16.0. The maximum Gasteiger partial charge on any atom is 0.294 e. The van der Waals surface area contributed by atoms with Crippen molar-refractivity contribution in [2.75, 3.05) is 42.6 Å². The van der Waals surface area contributed by atoms with E-state index in [-0.39, 0.29) is 23.3 Å². The number of rotatable bonds is 10. The third-order valence-electron chi connectivity index (χ3n) is 5.36. The van der Waals surface area contributed by atoms with Gasteiger partial charge in [0.2, 0.25) is 11.9 Å². The molecular weight excluding hydrogens is 472 g/mol. The monoisotopic (exact) mass is 500 g/mol. The van der Waals surface area contributed by atoms with Crippen molar-refractivity contribution in [1.82, 2.24) is 19.9 Å². The van der Waals surface area contributed by atoms with Crippen molar-refractivity contribution in [3.8, 4) is 0 Å². The molecule has 4 N–H and O–H groups in total. The Labute approximate surface area is 193 Å². The Hall–Kier alpha value is -2.39. The van der Waals surface area contributed by atoms with Crippen molar-refractivity contribution < 1.29 is 25.9 Å². The second-order valence-corrected chi connectivity index (χ2v) is 10.8. The third-order valence-corrected chi connectivity index (χ3v) is 6.95. The van der Waals surface area contributed by atoms with Crippen molar-refractivity contribution in [3.63, 3.8) is 0 Å². The van der Waals surface area contributed by atoms with Crippen LogP contribution in [0.15, 0.2) is 29.2 Å². The molecule has 1 aromatic heterocycles. The summed E-state index contributed by atoms with van der Waals surface area (Å²) in [5, 5.41) is 5.76. The molecule has 2 aromatic rings. The molecule has 1 fully saturated rings. The average Bonchev–Trinajstić information content (AvgIpc) is 2.73. The lowest BCUT2D eigenvalue weighted by atomic mass is 9.93. The highest BCUT2D eigenvalue weighted by molar-refractivity contribution is 7.86. The molecule has 0 spiro atoms. The number of nitrogens with zero attached hydrogens (tertiary/aromatic N) is 4. The van der Waals surface area contributed by atoms with Crippen LogP contribution in [0.5, 0.6) is 0 Å². The van der Waals surface area contributed by atoms with E-state index < -0.39 is 26.0 Å². The summed E-state index contributed by atoms with van der Waals surface area (Å²) in [6, 6.07) is 5.40. The molecule has 12 nitrogen and oxygen atoms in total. The van der Waals surface area contributed by atoms with Crippen LogP contribution in [-0.2, 0) is 26.7 Å². The highest BCUT2D eigenvalue weighted by Gasteiger charge is 2.20. The highest BCUT2D eigenvalue weighted by atomic mass is 32.2. The van der Waals surface area contributed by atoms with E-state index in [2.05, 4.69) is 37.4 Å². The second kappa shape index (κ2) is 10.7. The van der Waals surface area contributed by atoms with Crippen LogP contribution in [0.1, 0.15) is 25.6 Å². The summed E-state index contributed by atoms with van der Waals surface area (Å²) in [7, 11) is -8.44. The zero-order valence-electron chi connectivity index (χ0n) is 18.2. The molecule has 0 unspecified atom stereocenters. The van der Waals surface area contributed by atoms with Gasteiger partial charge in [-0.25, -0.2) is 0 Å². The third kappa shape index (κ3) is 8.16. The van der Waals surface area contributed by atoms with E-state index >= 15 is 0 Å². The number of piperidine rings is 1. The van der Waals surface area contributed by atoms with Crippen LogP contribution in [0.4, 0.5) is 17.6 Å². The van der Waals surface area contributed by atoms with Gasteiger partial charge in [0.25, 0.3) is 20.2 Å². The maximum absolute atomic E-state index is 11.2. The van der Waals surface area contributed by atoms with Gasteiger partial charge >= 0.3 is 0 Å². The molecule has 0 amide bonds. The van der Waals surface area contributed by atoms with Gasteiger partial charge in [-0.15, -0.1) is 0 Å². The first-order valence-corrected chi connectivity index (χ1v) is 13.6. The lowest BCUT2D eigenvalue weighted by molar-refractivity contribution is 0.191. The fraction of sp³-hybridized carbons (Fsp3) is 0.526. The van der Waals surface area contributed by atoms with Crippen LogP contribution in [0.25, 0.3) is 0 Å². The number of hydrogen-bond donors (Lipinski definition) is 4. The summed E-state index contributed by atoms with van der Waals surface area (Å²) < 4.78 is 62.5. The lowest BCUT2D eigenvalue weighted by Gasteiger charge is -2.30. The van der Waals surface area contributed by atoms with Crippen LogP contribution < -0.4 is 10.6 Å². The Kier molecular flexibility index (Phi) is 8.18. The minimum Gasteiger partial charge on any atom is -0.353 e. The molecule has 2 heterocycles. The van der Waals surface area contributed by atoms with Gasteiger partial charge < -0.3 is 15.5 Å². The van der Waals surface area contributed by atoms with Gasteiger partial charge in [-0.1, -0.05) is 6.92 Å². The second-order valence-electron chi connectivity index (χ2n) is 7.82. The summed E-state index contributed by atoms with van der Waals surface area (Å²) in [5.74, 6) is 0.796. The molecule has 0 aliphatic carbocycles. The molecule has 0 atom stereocenters. The van der Waals surface area contributed by atoms with Crippen LogP contribution in [-0.4, -0.2) is 77.7 Å². The molecule has 1 aromatic carbocycles. The molecule has 0 saturated carbocycles. The number of aromatic nitrogens is 3. The van der Waals surface area contributed by atoms with E-state index in [1.165, 1.54) is 24.3 Å². The van der Waals surface area contributed by atoms with E-state index in [0.717, 1.165) is 32.5 Å². The minimum absolute atomic E-state index is 0.0837. The van der Waals surface area contributed by atoms with Crippen molar-refractivity contribution in [3.05, 3.63) is 30.1 Å². The zero-order valence-corrected chi connectivity index (χ0v) is 19.8. The summed E-state index contributed by atoms with van der Waals surface area (Å²) in [4.78, 5) is 15.3. The van der Waals surface area contributed by atoms with E-state index in [9.17, 15) is 16.8 Å². The van der Waals surface area contributed by atoms with Crippen molar-refractivity contribution in [2.45, 2.75) is 31.1 Å². The van der Waals surface area contributed by atoms with Gasteiger partial charge in [0.05, 0.1) is 10.6 Å². The fourth-order valence-corrected chi connectivity index (χ4v) is 4.38. The maximum atomic E-state index is 11.2. The van der Waals surface area contributed by atoms with Crippen LogP contribution in [0.3, 0.4) is 0 Å². The number of likely N-dealkylation sites (tertiary alicyclic amines) is 1. The number of nitrogens with one attached hydrogen (secondary N) is 2. The van der Waals surface area contributed by atoms with Crippen LogP contribution in [0.2, 0.25) is 0 Å². The molecule has 182 valence electrons. The molecule has 14 heteroatoms. The van der Waals surface area contributed by atoms with Crippen molar-refractivity contribution in [1.29, 1.82) is 0 Å². The Morgan fingerprint density at radius 1 is 1.00 bits per heavy atom. The van der Waals surface area contributed by atoms with E-state index in [0.29, 0.717) is 23.9 Å². The van der Waals surface area contributed by atoms with Crippen molar-refractivity contribution >= 4 is 37.8 Å². The molecule has 0 radical (unpaired) electrons. The SMILES string of the molecule is CCN1CCC(Cc2nc(NCCS(=O)(=O)O)nc(Nc3ccc(S(=O)(=O)O)cc3)n2)CC1.